The summed E-state index contributed by atoms with van der Waals surface area (Å²) in [6.45, 7) is 4.23. The van der Waals surface area contributed by atoms with E-state index < -0.39 is 11.6 Å². The highest BCUT2D eigenvalue weighted by atomic mass is 19.1. The standard InChI is InChI=1S/C13H18F2N2O/c1-8(7-16)9(2)17-13(18)5-10-3-4-11(14)6-12(10)15/h3-4,6,8-9H,5,7,16H2,1-2H3,(H,17,18). The summed E-state index contributed by atoms with van der Waals surface area (Å²) in [5.74, 6) is -1.51. The molecule has 1 aromatic rings. The molecule has 2 atom stereocenters. The van der Waals surface area contributed by atoms with Crippen molar-refractivity contribution in [1.82, 2.24) is 5.32 Å². The smallest absolute Gasteiger partial charge is 0.224 e. The fraction of sp³-hybridized carbons (Fsp3) is 0.462. The molecule has 1 aromatic carbocycles. The number of amides is 1. The SMILES string of the molecule is CC(CN)C(C)NC(=O)Cc1ccc(F)cc1F. The first-order valence-electron chi connectivity index (χ1n) is 5.87. The largest absolute Gasteiger partial charge is 0.353 e. The maximum absolute atomic E-state index is 13.3. The van der Waals surface area contributed by atoms with E-state index in [1.54, 1.807) is 0 Å². The van der Waals surface area contributed by atoms with Gasteiger partial charge in [0.25, 0.3) is 0 Å². The lowest BCUT2D eigenvalue weighted by molar-refractivity contribution is -0.121. The number of hydrogen-bond donors (Lipinski definition) is 2. The van der Waals surface area contributed by atoms with Crippen LogP contribution in [0.4, 0.5) is 8.78 Å². The third-order valence-corrected chi connectivity index (χ3v) is 2.98. The van der Waals surface area contributed by atoms with E-state index in [0.29, 0.717) is 6.54 Å². The highest BCUT2D eigenvalue weighted by Gasteiger charge is 2.15. The van der Waals surface area contributed by atoms with Crippen molar-refractivity contribution in [3.8, 4) is 0 Å². The van der Waals surface area contributed by atoms with Crippen LogP contribution in [0.25, 0.3) is 0 Å². The van der Waals surface area contributed by atoms with Gasteiger partial charge in [-0.25, -0.2) is 8.78 Å². The van der Waals surface area contributed by atoms with Gasteiger partial charge >= 0.3 is 0 Å². The third-order valence-electron chi connectivity index (χ3n) is 2.98. The molecule has 100 valence electrons. The number of nitrogens with one attached hydrogen (secondary N) is 1. The first-order valence-corrected chi connectivity index (χ1v) is 5.87. The average Bonchev–Trinajstić information content (AvgIpc) is 2.31. The molecule has 2 unspecified atom stereocenters. The zero-order chi connectivity index (χ0) is 13.7. The Balaban J connectivity index is 2.59. The topological polar surface area (TPSA) is 55.1 Å². The quantitative estimate of drug-likeness (QED) is 0.841. The van der Waals surface area contributed by atoms with E-state index in [4.69, 9.17) is 5.73 Å². The van der Waals surface area contributed by atoms with Crippen molar-refractivity contribution in [2.24, 2.45) is 11.7 Å². The first-order chi connectivity index (χ1) is 8.43. The molecule has 1 rings (SSSR count). The van der Waals surface area contributed by atoms with Crippen molar-refractivity contribution in [3.63, 3.8) is 0 Å². The van der Waals surface area contributed by atoms with Crippen molar-refractivity contribution in [3.05, 3.63) is 35.4 Å². The number of hydrogen-bond acceptors (Lipinski definition) is 2. The van der Waals surface area contributed by atoms with Crippen LogP contribution in [0.2, 0.25) is 0 Å². The Kier molecular flexibility index (Phi) is 5.22. The highest BCUT2D eigenvalue weighted by Crippen LogP contribution is 2.10. The van der Waals surface area contributed by atoms with Gasteiger partial charge in [-0.1, -0.05) is 13.0 Å². The molecule has 18 heavy (non-hydrogen) atoms. The molecule has 0 spiro atoms. The van der Waals surface area contributed by atoms with E-state index in [-0.39, 0.29) is 29.9 Å². The maximum Gasteiger partial charge on any atom is 0.224 e. The summed E-state index contributed by atoms with van der Waals surface area (Å²) in [5.41, 5.74) is 5.67. The lowest BCUT2D eigenvalue weighted by Crippen LogP contribution is -2.40. The van der Waals surface area contributed by atoms with Gasteiger partial charge in [-0.3, -0.25) is 4.79 Å². The lowest BCUT2D eigenvalue weighted by atomic mass is 10.0. The van der Waals surface area contributed by atoms with E-state index in [9.17, 15) is 13.6 Å². The maximum atomic E-state index is 13.3. The minimum Gasteiger partial charge on any atom is -0.353 e. The summed E-state index contributed by atoms with van der Waals surface area (Å²) < 4.78 is 26.0. The van der Waals surface area contributed by atoms with Gasteiger partial charge in [0.1, 0.15) is 11.6 Å². The molecule has 0 aromatic heterocycles. The summed E-state index contributed by atoms with van der Waals surface area (Å²) in [6.07, 6.45) is -0.103. The van der Waals surface area contributed by atoms with Crippen molar-refractivity contribution < 1.29 is 13.6 Å². The molecule has 0 heterocycles. The minimum atomic E-state index is -0.704. The zero-order valence-electron chi connectivity index (χ0n) is 10.5. The number of benzene rings is 1. The van der Waals surface area contributed by atoms with Crippen LogP contribution in [0.15, 0.2) is 18.2 Å². The number of carbonyl (C=O) groups is 1. The molecule has 3 nitrogen and oxygen atoms in total. The van der Waals surface area contributed by atoms with Gasteiger partial charge in [0.05, 0.1) is 6.42 Å². The molecular weight excluding hydrogens is 238 g/mol. The van der Waals surface area contributed by atoms with Crippen molar-refractivity contribution in [1.29, 1.82) is 0 Å². The van der Waals surface area contributed by atoms with Crippen molar-refractivity contribution in [2.75, 3.05) is 6.54 Å². The summed E-state index contributed by atoms with van der Waals surface area (Å²) >= 11 is 0. The van der Waals surface area contributed by atoms with Gasteiger partial charge in [-0.2, -0.15) is 0 Å². The van der Waals surface area contributed by atoms with Crippen LogP contribution in [0.5, 0.6) is 0 Å². The summed E-state index contributed by atoms with van der Waals surface area (Å²) in [6, 6.07) is 3.11. The molecule has 0 radical (unpaired) electrons. The molecular formula is C13H18F2N2O. The Morgan fingerprint density at radius 2 is 2.06 bits per heavy atom. The van der Waals surface area contributed by atoms with E-state index in [1.165, 1.54) is 6.07 Å². The second kappa shape index (κ2) is 6.44. The van der Waals surface area contributed by atoms with Crippen LogP contribution < -0.4 is 11.1 Å². The predicted octanol–water partition coefficient (Wildman–Crippen LogP) is 1.61. The molecule has 0 bridgehead atoms. The normalized spacial score (nSPS) is 14.1. The van der Waals surface area contributed by atoms with E-state index in [2.05, 4.69) is 5.32 Å². The molecule has 0 saturated carbocycles. The molecule has 0 aliphatic rings. The van der Waals surface area contributed by atoms with E-state index in [1.807, 2.05) is 13.8 Å². The number of rotatable bonds is 5. The predicted molar refractivity (Wildman–Crippen MR) is 65.9 cm³/mol. The molecule has 0 saturated heterocycles. The van der Waals surface area contributed by atoms with Crippen molar-refractivity contribution >= 4 is 5.91 Å². The fourth-order valence-electron chi connectivity index (χ4n) is 1.49. The second-order valence-corrected chi connectivity index (χ2v) is 4.48. The van der Waals surface area contributed by atoms with E-state index in [0.717, 1.165) is 12.1 Å². The molecule has 0 aliphatic carbocycles. The van der Waals surface area contributed by atoms with Gasteiger partial charge in [-0.15, -0.1) is 0 Å². The van der Waals surface area contributed by atoms with Crippen LogP contribution in [0.1, 0.15) is 19.4 Å². The molecule has 3 N–H and O–H groups in total. The van der Waals surface area contributed by atoms with Crippen molar-refractivity contribution in [2.45, 2.75) is 26.3 Å². The molecule has 0 aliphatic heterocycles. The summed E-state index contributed by atoms with van der Waals surface area (Å²) in [4.78, 5) is 11.7. The summed E-state index contributed by atoms with van der Waals surface area (Å²) in [7, 11) is 0. The molecule has 0 fully saturated rings. The fourth-order valence-corrected chi connectivity index (χ4v) is 1.49. The van der Waals surface area contributed by atoms with Gasteiger partial charge in [0.15, 0.2) is 0 Å². The van der Waals surface area contributed by atoms with Gasteiger partial charge in [-0.05, 0) is 31.0 Å². The highest BCUT2D eigenvalue weighted by molar-refractivity contribution is 5.78. The number of halogens is 2. The van der Waals surface area contributed by atoms with Crippen LogP contribution >= 0.6 is 0 Å². The number of nitrogens with two attached hydrogens (primary N) is 1. The molecule has 5 heteroatoms. The first kappa shape index (κ1) is 14.6. The Hall–Kier alpha value is -1.49. The van der Waals surface area contributed by atoms with E-state index >= 15 is 0 Å². The van der Waals surface area contributed by atoms with Gasteiger partial charge in [0, 0.05) is 12.1 Å². The molecule has 1 amide bonds. The third kappa shape index (κ3) is 4.07. The lowest BCUT2D eigenvalue weighted by Gasteiger charge is -2.19. The van der Waals surface area contributed by atoms with Crippen LogP contribution in [0, 0.1) is 17.6 Å². The van der Waals surface area contributed by atoms with Crippen LogP contribution in [0.3, 0.4) is 0 Å². The Bertz CT molecular complexity index is 423. The van der Waals surface area contributed by atoms with Gasteiger partial charge in [0.2, 0.25) is 5.91 Å². The Morgan fingerprint density at radius 3 is 2.61 bits per heavy atom. The average molecular weight is 256 g/mol. The van der Waals surface area contributed by atoms with Crippen LogP contribution in [-0.2, 0) is 11.2 Å². The minimum absolute atomic E-state index is 0.0778. The summed E-state index contributed by atoms with van der Waals surface area (Å²) in [5, 5.41) is 2.74. The Morgan fingerprint density at radius 1 is 1.39 bits per heavy atom. The van der Waals surface area contributed by atoms with Gasteiger partial charge < -0.3 is 11.1 Å². The Labute approximate surface area is 105 Å². The monoisotopic (exact) mass is 256 g/mol. The zero-order valence-corrected chi connectivity index (χ0v) is 10.5. The van der Waals surface area contributed by atoms with Crippen LogP contribution in [-0.4, -0.2) is 18.5 Å². The number of carbonyl (C=O) groups excluding carboxylic acids is 1. The second-order valence-electron chi connectivity index (χ2n) is 4.48.